The van der Waals surface area contributed by atoms with Gasteiger partial charge in [-0.15, -0.1) is 0 Å². The molecule has 0 saturated heterocycles. The van der Waals surface area contributed by atoms with E-state index >= 15 is 0 Å². The normalized spacial score (nSPS) is 16.4. The van der Waals surface area contributed by atoms with Gasteiger partial charge in [0.1, 0.15) is 6.04 Å². The van der Waals surface area contributed by atoms with Crippen LogP contribution in [0.25, 0.3) is 0 Å². The monoisotopic (exact) mass is 301 g/mol. The van der Waals surface area contributed by atoms with Crippen LogP contribution in [0.3, 0.4) is 0 Å². The van der Waals surface area contributed by atoms with E-state index in [4.69, 9.17) is 5.11 Å². The molecular formula is C14H14F3NO3. The predicted molar refractivity (Wildman–Crippen MR) is 67.7 cm³/mol. The highest BCUT2D eigenvalue weighted by atomic mass is 19.4. The summed E-state index contributed by atoms with van der Waals surface area (Å²) in [6, 6.07) is 2.76. The molecule has 1 amide bonds. The molecule has 0 aromatic heterocycles. The first-order valence-corrected chi connectivity index (χ1v) is 6.44. The summed E-state index contributed by atoms with van der Waals surface area (Å²) in [6.07, 6.45) is -3.20. The fourth-order valence-corrected chi connectivity index (χ4v) is 2.11. The van der Waals surface area contributed by atoms with E-state index in [9.17, 15) is 22.8 Å². The smallest absolute Gasteiger partial charge is 0.416 e. The molecule has 1 N–H and O–H groups in total. The Morgan fingerprint density at radius 3 is 2.43 bits per heavy atom. The third kappa shape index (κ3) is 3.34. The Kier molecular flexibility index (Phi) is 3.93. The lowest BCUT2D eigenvalue weighted by Crippen LogP contribution is -2.44. The molecule has 4 nitrogen and oxygen atoms in total. The average molecular weight is 301 g/mol. The van der Waals surface area contributed by atoms with Crippen LogP contribution < -0.4 is 0 Å². The van der Waals surface area contributed by atoms with Crippen LogP contribution in [-0.4, -0.2) is 34.0 Å². The van der Waals surface area contributed by atoms with Gasteiger partial charge in [-0.05, 0) is 38.0 Å². The summed E-state index contributed by atoms with van der Waals surface area (Å²) < 4.78 is 38.0. The van der Waals surface area contributed by atoms with Crippen molar-refractivity contribution in [3.8, 4) is 0 Å². The predicted octanol–water partition coefficient (Wildman–Crippen LogP) is 2.78. The van der Waals surface area contributed by atoms with Crippen LogP contribution in [0, 0.1) is 0 Å². The van der Waals surface area contributed by atoms with Crippen LogP contribution in [0.1, 0.15) is 35.7 Å². The molecule has 0 bridgehead atoms. The van der Waals surface area contributed by atoms with Gasteiger partial charge < -0.3 is 10.0 Å². The molecule has 1 fully saturated rings. The van der Waals surface area contributed by atoms with E-state index in [2.05, 4.69) is 0 Å². The number of aliphatic carboxylic acids is 1. The highest BCUT2D eigenvalue weighted by molar-refractivity contribution is 5.97. The molecule has 1 aromatic rings. The first-order chi connectivity index (χ1) is 9.71. The summed E-state index contributed by atoms with van der Waals surface area (Å²) in [5.74, 6) is -1.86. The lowest BCUT2D eigenvalue weighted by atomic mass is 10.1. The van der Waals surface area contributed by atoms with Crippen molar-refractivity contribution in [1.29, 1.82) is 0 Å². The van der Waals surface area contributed by atoms with E-state index in [0.29, 0.717) is 12.8 Å². The van der Waals surface area contributed by atoms with Gasteiger partial charge in [-0.3, -0.25) is 4.79 Å². The Bertz CT molecular complexity index is 567. The lowest BCUT2D eigenvalue weighted by molar-refractivity contribution is -0.142. The first kappa shape index (κ1) is 15.3. The highest BCUT2D eigenvalue weighted by Crippen LogP contribution is 2.32. The van der Waals surface area contributed by atoms with Gasteiger partial charge in [0.25, 0.3) is 5.91 Å². The molecule has 0 aliphatic heterocycles. The summed E-state index contributed by atoms with van der Waals surface area (Å²) in [5.41, 5.74) is -1.07. The average Bonchev–Trinajstić information content (AvgIpc) is 3.22. The van der Waals surface area contributed by atoms with Crippen molar-refractivity contribution in [3.63, 3.8) is 0 Å². The van der Waals surface area contributed by atoms with Gasteiger partial charge in [0.2, 0.25) is 0 Å². The van der Waals surface area contributed by atoms with Crippen molar-refractivity contribution >= 4 is 11.9 Å². The van der Waals surface area contributed by atoms with Crippen molar-refractivity contribution in [1.82, 2.24) is 4.90 Å². The van der Waals surface area contributed by atoms with E-state index in [1.165, 1.54) is 13.0 Å². The summed E-state index contributed by atoms with van der Waals surface area (Å²) in [6.45, 7) is 1.35. The minimum atomic E-state index is -4.54. The first-order valence-electron chi connectivity index (χ1n) is 6.44. The SMILES string of the molecule is CC(C(=O)O)N(C(=O)c1cccc(C(F)(F)F)c1)C1CC1. The molecule has 1 unspecified atom stereocenters. The van der Waals surface area contributed by atoms with Crippen molar-refractivity contribution in [3.05, 3.63) is 35.4 Å². The van der Waals surface area contributed by atoms with Crippen LogP contribution in [0.5, 0.6) is 0 Å². The minimum absolute atomic E-state index is 0.148. The zero-order chi connectivity index (χ0) is 15.8. The lowest BCUT2D eigenvalue weighted by Gasteiger charge is -2.26. The number of alkyl halides is 3. The van der Waals surface area contributed by atoms with E-state index in [1.54, 1.807) is 0 Å². The molecule has 1 atom stereocenters. The minimum Gasteiger partial charge on any atom is -0.480 e. The number of amides is 1. The molecule has 21 heavy (non-hydrogen) atoms. The summed E-state index contributed by atoms with van der Waals surface area (Å²) in [5, 5.41) is 9.03. The summed E-state index contributed by atoms with van der Waals surface area (Å²) in [4.78, 5) is 24.6. The molecule has 0 radical (unpaired) electrons. The molecule has 114 valence electrons. The second-order valence-electron chi connectivity index (χ2n) is 5.04. The molecular weight excluding hydrogens is 287 g/mol. The van der Waals surface area contributed by atoms with E-state index in [-0.39, 0.29) is 11.6 Å². The van der Waals surface area contributed by atoms with Gasteiger partial charge in [0.05, 0.1) is 5.56 Å². The molecule has 0 heterocycles. The van der Waals surface area contributed by atoms with Crippen LogP contribution in [-0.2, 0) is 11.0 Å². The number of hydrogen-bond donors (Lipinski definition) is 1. The molecule has 2 rings (SSSR count). The van der Waals surface area contributed by atoms with Gasteiger partial charge in [-0.25, -0.2) is 4.79 Å². The third-order valence-electron chi connectivity index (χ3n) is 3.39. The van der Waals surface area contributed by atoms with Gasteiger partial charge in [-0.1, -0.05) is 6.07 Å². The number of benzene rings is 1. The van der Waals surface area contributed by atoms with Crippen LogP contribution in [0.15, 0.2) is 24.3 Å². The molecule has 1 aromatic carbocycles. The standard InChI is InChI=1S/C14H14F3NO3/c1-8(13(20)21)18(11-5-6-11)12(19)9-3-2-4-10(7-9)14(15,16)17/h2-4,7-8,11H,5-6H2,1H3,(H,20,21). The maximum absolute atomic E-state index is 12.7. The zero-order valence-corrected chi connectivity index (χ0v) is 11.2. The number of carboxylic acids is 1. The molecule has 1 aliphatic carbocycles. The van der Waals surface area contributed by atoms with Crippen molar-refractivity contribution in [2.75, 3.05) is 0 Å². The molecule has 7 heteroatoms. The van der Waals surface area contributed by atoms with Crippen molar-refractivity contribution in [2.45, 2.75) is 38.0 Å². The number of carbonyl (C=O) groups excluding carboxylic acids is 1. The molecule has 1 saturated carbocycles. The number of carboxylic acid groups (broad SMARTS) is 1. The van der Waals surface area contributed by atoms with Gasteiger partial charge in [0.15, 0.2) is 0 Å². The number of carbonyl (C=O) groups is 2. The summed E-state index contributed by atoms with van der Waals surface area (Å²) in [7, 11) is 0. The number of nitrogens with zero attached hydrogens (tertiary/aromatic N) is 1. The second kappa shape index (κ2) is 5.38. The van der Waals surface area contributed by atoms with Gasteiger partial charge in [-0.2, -0.15) is 13.2 Å². The Morgan fingerprint density at radius 2 is 1.95 bits per heavy atom. The van der Waals surface area contributed by atoms with Crippen molar-refractivity contribution < 1.29 is 27.9 Å². The maximum atomic E-state index is 12.7. The third-order valence-corrected chi connectivity index (χ3v) is 3.39. The van der Waals surface area contributed by atoms with Crippen LogP contribution in [0.4, 0.5) is 13.2 Å². The number of rotatable bonds is 4. The maximum Gasteiger partial charge on any atom is 0.416 e. The Hall–Kier alpha value is -2.05. The molecule has 1 aliphatic rings. The van der Waals surface area contributed by atoms with Crippen molar-refractivity contribution in [2.24, 2.45) is 0 Å². The van der Waals surface area contributed by atoms with Gasteiger partial charge in [0, 0.05) is 11.6 Å². The Labute approximate surface area is 119 Å². The van der Waals surface area contributed by atoms with Crippen LogP contribution in [0.2, 0.25) is 0 Å². The molecule has 0 spiro atoms. The summed E-state index contributed by atoms with van der Waals surface area (Å²) >= 11 is 0. The van der Waals surface area contributed by atoms with Crippen LogP contribution >= 0.6 is 0 Å². The van der Waals surface area contributed by atoms with E-state index in [0.717, 1.165) is 23.1 Å². The second-order valence-corrected chi connectivity index (χ2v) is 5.04. The number of halogens is 3. The topological polar surface area (TPSA) is 57.6 Å². The fraction of sp³-hybridized carbons (Fsp3) is 0.429. The van der Waals surface area contributed by atoms with E-state index in [1.807, 2.05) is 0 Å². The Morgan fingerprint density at radius 1 is 1.33 bits per heavy atom. The van der Waals surface area contributed by atoms with E-state index < -0.39 is 29.7 Å². The zero-order valence-electron chi connectivity index (χ0n) is 11.2. The van der Waals surface area contributed by atoms with Gasteiger partial charge >= 0.3 is 12.1 Å². The quantitative estimate of drug-likeness (QED) is 0.930. The number of hydrogen-bond acceptors (Lipinski definition) is 2. The fourth-order valence-electron chi connectivity index (χ4n) is 2.11. The Balaban J connectivity index is 2.31. The highest BCUT2D eigenvalue weighted by Gasteiger charge is 2.39. The largest absolute Gasteiger partial charge is 0.480 e.